The first kappa shape index (κ1) is 10.2. The summed E-state index contributed by atoms with van der Waals surface area (Å²) in [6.07, 6.45) is 1.40. The molecular formula is C10H8FN3O2. The van der Waals surface area contributed by atoms with Crippen molar-refractivity contribution in [1.82, 2.24) is 5.16 Å². The fourth-order valence-electron chi connectivity index (χ4n) is 1.12. The van der Waals surface area contributed by atoms with Gasteiger partial charge in [0.15, 0.2) is 0 Å². The highest BCUT2D eigenvalue weighted by Gasteiger charge is 2.04. The number of nitrogens with zero attached hydrogens (tertiary/aromatic N) is 1. The Morgan fingerprint density at radius 3 is 2.88 bits per heavy atom. The summed E-state index contributed by atoms with van der Waals surface area (Å²) in [5, 5.41) is 8.25. The van der Waals surface area contributed by atoms with Crippen LogP contribution in [-0.2, 0) is 0 Å². The first-order valence-electron chi connectivity index (χ1n) is 4.48. The number of hydrogen-bond donors (Lipinski definition) is 2. The zero-order valence-electron chi connectivity index (χ0n) is 8.11. The summed E-state index contributed by atoms with van der Waals surface area (Å²) >= 11 is 0. The van der Waals surface area contributed by atoms with Gasteiger partial charge in [0.2, 0.25) is 5.88 Å². The van der Waals surface area contributed by atoms with Crippen molar-refractivity contribution in [3.63, 3.8) is 0 Å². The Labute approximate surface area is 90.2 Å². The molecule has 1 aromatic carbocycles. The lowest BCUT2D eigenvalue weighted by molar-refractivity contribution is 0.261. The largest absolute Gasteiger partial charge is 0.338 e. The zero-order chi connectivity index (χ0) is 11.4. The Morgan fingerprint density at radius 2 is 2.19 bits per heavy atom. The standard InChI is InChI=1S/C10H8FN3O2/c11-7-2-1-3-8(6-7)13-10(15)14-9-4-5-12-16-9/h1-6H,(H2,13,14,15). The van der Waals surface area contributed by atoms with Gasteiger partial charge in [-0.15, -0.1) is 0 Å². The lowest BCUT2D eigenvalue weighted by atomic mass is 10.3. The van der Waals surface area contributed by atoms with Gasteiger partial charge in [0.25, 0.3) is 0 Å². The third-order valence-electron chi connectivity index (χ3n) is 1.76. The molecule has 1 heterocycles. The van der Waals surface area contributed by atoms with E-state index in [0.717, 1.165) is 0 Å². The molecule has 0 saturated heterocycles. The van der Waals surface area contributed by atoms with Gasteiger partial charge in [-0.2, -0.15) is 0 Å². The Kier molecular flexibility index (Phi) is 2.81. The molecule has 0 aliphatic carbocycles. The van der Waals surface area contributed by atoms with Crippen LogP contribution in [-0.4, -0.2) is 11.2 Å². The molecule has 16 heavy (non-hydrogen) atoms. The summed E-state index contributed by atoms with van der Waals surface area (Å²) in [7, 11) is 0. The minimum absolute atomic E-state index is 0.217. The molecule has 0 saturated carbocycles. The Bertz CT molecular complexity index is 485. The van der Waals surface area contributed by atoms with Crippen LogP contribution >= 0.6 is 0 Å². The molecule has 0 unspecified atom stereocenters. The number of benzene rings is 1. The monoisotopic (exact) mass is 221 g/mol. The van der Waals surface area contributed by atoms with Crippen molar-refractivity contribution < 1.29 is 13.7 Å². The van der Waals surface area contributed by atoms with Crippen LogP contribution in [0.15, 0.2) is 41.1 Å². The summed E-state index contributed by atoms with van der Waals surface area (Å²) in [5.41, 5.74) is 0.358. The maximum atomic E-state index is 12.8. The molecule has 0 aliphatic heterocycles. The van der Waals surface area contributed by atoms with Gasteiger partial charge in [0, 0.05) is 11.8 Å². The second-order valence-corrected chi connectivity index (χ2v) is 2.97. The molecule has 1 aromatic heterocycles. The van der Waals surface area contributed by atoms with Crippen molar-refractivity contribution in [2.45, 2.75) is 0 Å². The van der Waals surface area contributed by atoms with Gasteiger partial charge >= 0.3 is 6.03 Å². The number of rotatable bonds is 2. The van der Waals surface area contributed by atoms with Crippen LogP contribution in [0.25, 0.3) is 0 Å². The molecular weight excluding hydrogens is 213 g/mol. The number of carbonyl (C=O) groups is 1. The number of nitrogens with one attached hydrogen (secondary N) is 2. The summed E-state index contributed by atoms with van der Waals surface area (Å²) in [4.78, 5) is 11.4. The maximum Gasteiger partial charge on any atom is 0.326 e. The van der Waals surface area contributed by atoms with E-state index in [1.54, 1.807) is 6.07 Å². The van der Waals surface area contributed by atoms with E-state index in [4.69, 9.17) is 0 Å². The number of urea groups is 1. The zero-order valence-corrected chi connectivity index (χ0v) is 8.11. The van der Waals surface area contributed by atoms with Crippen LogP contribution in [0.2, 0.25) is 0 Å². The van der Waals surface area contributed by atoms with E-state index >= 15 is 0 Å². The highest BCUT2D eigenvalue weighted by atomic mass is 19.1. The van der Waals surface area contributed by atoms with Crippen molar-refractivity contribution in [3.8, 4) is 0 Å². The van der Waals surface area contributed by atoms with Crippen molar-refractivity contribution in [1.29, 1.82) is 0 Å². The van der Waals surface area contributed by atoms with E-state index in [-0.39, 0.29) is 5.88 Å². The third kappa shape index (κ3) is 2.57. The Balaban J connectivity index is 1.97. The second kappa shape index (κ2) is 4.43. The number of hydrogen-bond acceptors (Lipinski definition) is 3. The summed E-state index contributed by atoms with van der Waals surface area (Å²) in [6, 6.07) is 6.54. The van der Waals surface area contributed by atoms with Crippen molar-refractivity contribution >= 4 is 17.6 Å². The highest BCUT2D eigenvalue weighted by molar-refractivity contribution is 5.98. The van der Waals surface area contributed by atoms with Crippen molar-refractivity contribution in [2.24, 2.45) is 0 Å². The molecule has 0 atom stereocenters. The smallest absolute Gasteiger partial charge is 0.326 e. The first-order valence-corrected chi connectivity index (χ1v) is 4.48. The minimum Gasteiger partial charge on any atom is -0.338 e. The molecule has 6 heteroatoms. The topological polar surface area (TPSA) is 67.2 Å². The summed E-state index contributed by atoms with van der Waals surface area (Å²) < 4.78 is 17.5. The van der Waals surface area contributed by atoms with Gasteiger partial charge in [-0.25, -0.2) is 9.18 Å². The number of anilines is 2. The van der Waals surface area contributed by atoms with E-state index in [1.807, 2.05) is 0 Å². The van der Waals surface area contributed by atoms with Crippen LogP contribution in [0.3, 0.4) is 0 Å². The predicted octanol–water partition coefficient (Wildman–Crippen LogP) is 2.46. The number of amides is 2. The molecule has 82 valence electrons. The van der Waals surface area contributed by atoms with Gasteiger partial charge in [0.05, 0.1) is 6.20 Å². The van der Waals surface area contributed by atoms with Crippen molar-refractivity contribution in [3.05, 3.63) is 42.3 Å². The molecule has 5 nitrogen and oxygen atoms in total. The molecule has 0 bridgehead atoms. The Morgan fingerprint density at radius 1 is 1.31 bits per heavy atom. The fourth-order valence-corrected chi connectivity index (χ4v) is 1.12. The SMILES string of the molecule is O=C(Nc1cccc(F)c1)Nc1ccno1. The van der Waals surface area contributed by atoms with Crippen molar-refractivity contribution in [2.75, 3.05) is 10.6 Å². The summed E-state index contributed by atoms with van der Waals surface area (Å²) in [6.45, 7) is 0. The fraction of sp³-hybridized carbons (Fsp3) is 0. The molecule has 0 radical (unpaired) electrons. The normalized spacial score (nSPS) is 9.81. The van der Waals surface area contributed by atoms with Crippen LogP contribution in [0, 0.1) is 5.82 Å². The number of aromatic nitrogens is 1. The van der Waals surface area contributed by atoms with E-state index < -0.39 is 11.8 Å². The average molecular weight is 221 g/mol. The third-order valence-corrected chi connectivity index (χ3v) is 1.76. The predicted molar refractivity (Wildman–Crippen MR) is 55.5 cm³/mol. The van der Waals surface area contributed by atoms with Crippen LogP contribution in [0.4, 0.5) is 20.8 Å². The summed E-state index contributed by atoms with van der Waals surface area (Å²) in [5.74, 6) is -0.202. The highest BCUT2D eigenvalue weighted by Crippen LogP contribution is 2.10. The molecule has 2 aromatic rings. The van der Waals surface area contributed by atoms with Crippen LogP contribution in [0.5, 0.6) is 0 Å². The maximum absolute atomic E-state index is 12.8. The van der Waals surface area contributed by atoms with Crippen LogP contribution in [0.1, 0.15) is 0 Å². The van der Waals surface area contributed by atoms with Gasteiger partial charge < -0.3 is 9.84 Å². The average Bonchev–Trinajstić information content (AvgIpc) is 2.70. The van der Waals surface area contributed by atoms with Gasteiger partial charge in [-0.1, -0.05) is 11.2 Å². The van der Waals surface area contributed by atoms with E-state index in [0.29, 0.717) is 5.69 Å². The quantitative estimate of drug-likeness (QED) is 0.818. The number of halogens is 1. The van der Waals surface area contributed by atoms with Gasteiger partial charge in [-0.3, -0.25) is 5.32 Å². The Hall–Kier alpha value is -2.37. The molecule has 0 spiro atoms. The van der Waals surface area contributed by atoms with Crippen LogP contribution < -0.4 is 10.6 Å². The van der Waals surface area contributed by atoms with Gasteiger partial charge in [-0.05, 0) is 18.2 Å². The molecule has 2 amide bonds. The lowest BCUT2D eigenvalue weighted by Gasteiger charge is -2.04. The molecule has 2 rings (SSSR count). The minimum atomic E-state index is -0.526. The van der Waals surface area contributed by atoms with E-state index in [9.17, 15) is 9.18 Å². The van der Waals surface area contributed by atoms with Gasteiger partial charge in [0.1, 0.15) is 5.82 Å². The first-order chi connectivity index (χ1) is 7.74. The second-order valence-electron chi connectivity index (χ2n) is 2.97. The lowest BCUT2D eigenvalue weighted by Crippen LogP contribution is -2.19. The molecule has 2 N–H and O–H groups in total. The number of carbonyl (C=O) groups excluding carboxylic acids is 1. The molecule has 0 fully saturated rings. The molecule has 0 aliphatic rings. The van der Waals surface area contributed by atoms with E-state index in [2.05, 4.69) is 20.3 Å². The van der Waals surface area contributed by atoms with E-state index in [1.165, 1.54) is 30.5 Å².